The lowest BCUT2D eigenvalue weighted by Crippen LogP contribution is -2.28. The smallest absolute Gasteiger partial charge is 0.265 e. The number of nitrogens with zero attached hydrogens (tertiary/aromatic N) is 3. The van der Waals surface area contributed by atoms with E-state index in [9.17, 15) is 18.0 Å². The lowest BCUT2D eigenvalue weighted by Gasteiger charge is -2.23. The topological polar surface area (TPSA) is 47.8 Å². The molecule has 1 aromatic carbocycles. The fourth-order valence-corrected chi connectivity index (χ4v) is 4.75. The van der Waals surface area contributed by atoms with Gasteiger partial charge in [-0.25, -0.2) is 18.2 Å². The summed E-state index contributed by atoms with van der Waals surface area (Å²) in [5.41, 5.74) is 2.97. The average molecular weight is 494 g/mol. The van der Waals surface area contributed by atoms with E-state index in [-0.39, 0.29) is 35.1 Å². The Bertz CT molecular complexity index is 1380. The first-order chi connectivity index (χ1) is 17.3. The van der Waals surface area contributed by atoms with Crippen LogP contribution in [0.15, 0.2) is 65.6 Å². The summed E-state index contributed by atoms with van der Waals surface area (Å²) in [6, 6.07) is 15.2. The van der Waals surface area contributed by atoms with Crippen LogP contribution in [0.3, 0.4) is 0 Å². The van der Waals surface area contributed by atoms with Crippen molar-refractivity contribution in [2.24, 2.45) is 0 Å². The molecule has 188 valence electrons. The highest BCUT2D eigenvalue weighted by Gasteiger charge is 2.22. The predicted octanol–water partition coefficient (Wildman–Crippen LogP) is 7.27. The third kappa shape index (κ3) is 6.01. The second-order valence-corrected chi connectivity index (χ2v) is 9.33. The molecule has 0 atom stereocenters. The van der Waals surface area contributed by atoms with Crippen LogP contribution < -0.4 is 5.56 Å². The molecule has 4 aromatic rings. The standard InChI is InChI=1S/C22H23F2N3O.C7H7F/c1-14-9-10-16-12-18(15-6-3-2-4-7-15)22(28)27(21(16)26-14)13-19-17(20(23)24)8-5-11-25-19;1-6-3-2-4-7(8)5-6/h5,8-12,15,20H,2-4,6-7,13H2,1H3;2-5H,1H3. The van der Waals surface area contributed by atoms with Crippen molar-refractivity contribution in [1.29, 1.82) is 0 Å². The molecule has 3 aromatic heterocycles. The Hall–Kier alpha value is -3.48. The fraction of sp³-hybridized carbons (Fsp3) is 0.345. The molecule has 0 spiro atoms. The van der Waals surface area contributed by atoms with Gasteiger partial charge in [0.1, 0.15) is 11.5 Å². The Kier molecular flexibility index (Phi) is 8.18. The van der Waals surface area contributed by atoms with E-state index in [4.69, 9.17) is 0 Å². The van der Waals surface area contributed by atoms with Crippen molar-refractivity contribution in [3.8, 4) is 0 Å². The third-order valence-corrected chi connectivity index (χ3v) is 6.60. The van der Waals surface area contributed by atoms with Gasteiger partial charge in [-0.15, -0.1) is 0 Å². The summed E-state index contributed by atoms with van der Waals surface area (Å²) in [5, 5.41) is 0.861. The predicted molar refractivity (Wildman–Crippen MR) is 136 cm³/mol. The normalized spacial score (nSPS) is 14.1. The van der Waals surface area contributed by atoms with Crippen LogP contribution in [0.5, 0.6) is 0 Å². The minimum atomic E-state index is -2.64. The molecule has 1 aliphatic rings. The second-order valence-electron chi connectivity index (χ2n) is 9.33. The van der Waals surface area contributed by atoms with Gasteiger partial charge in [0.15, 0.2) is 0 Å². The molecule has 4 nitrogen and oxygen atoms in total. The number of aryl methyl sites for hydroxylation is 2. The van der Waals surface area contributed by atoms with Crippen LogP contribution >= 0.6 is 0 Å². The molecule has 0 aliphatic heterocycles. The minimum absolute atomic E-state index is 0.00708. The average Bonchev–Trinajstić information content (AvgIpc) is 2.87. The van der Waals surface area contributed by atoms with Crippen molar-refractivity contribution in [2.45, 2.75) is 64.8 Å². The van der Waals surface area contributed by atoms with Gasteiger partial charge in [-0.05, 0) is 80.6 Å². The Labute approximate surface area is 208 Å². The summed E-state index contributed by atoms with van der Waals surface area (Å²) in [6.07, 6.45) is 4.26. The first-order valence-electron chi connectivity index (χ1n) is 12.3. The second kappa shape index (κ2) is 11.5. The number of fused-ring (bicyclic) bond motifs is 1. The molecule has 3 heterocycles. The number of rotatable bonds is 4. The number of aromatic nitrogens is 3. The van der Waals surface area contributed by atoms with Crippen molar-refractivity contribution in [3.05, 3.63) is 105 Å². The molecule has 0 unspecified atom stereocenters. The highest BCUT2D eigenvalue weighted by Crippen LogP contribution is 2.32. The summed E-state index contributed by atoms with van der Waals surface area (Å²) in [5.74, 6) is 0.0569. The van der Waals surface area contributed by atoms with Crippen molar-refractivity contribution in [3.63, 3.8) is 0 Å². The largest absolute Gasteiger partial charge is 0.286 e. The summed E-state index contributed by atoms with van der Waals surface area (Å²) < 4.78 is 40.6. The van der Waals surface area contributed by atoms with Crippen molar-refractivity contribution >= 4 is 11.0 Å². The van der Waals surface area contributed by atoms with Gasteiger partial charge in [0.05, 0.1) is 12.2 Å². The zero-order chi connectivity index (χ0) is 25.7. The molecule has 1 fully saturated rings. The highest BCUT2D eigenvalue weighted by molar-refractivity contribution is 5.76. The minimum Gasteiger partial charge on any atom is -0.286 e. The van der Waals surface area contributed by atoms with Gasteiger partial charge in [0.2, 0.25) is 0 Å². The molecule has 0 bridgehead atoms. The fourth-order valence-electron chi connectivity index (χ4n) is 4.75. The van der Waals surface area contributed by atoms with E-state index in [0.29, 0.717) is 5.65 Å². The van der Waals surface area contributed by atoms with Gasteiger partial charge in [-0.1, -0.05) is 31.4 Å². The monoisotopic (exact) mass is 493 g/mol. The summed E-state index contributed by atoms with van der Waals surface area (Å²) in [7, 11) is 0. The van der Waals surface area contributed by atoms with Crippen LogP contribution in [0.25, 0.3) is 11.0 Å². The van der Waals surface area contributed by atoms with Crippen LogP contribution in [-0.4, -0.2) is 14.5 Å². The van der Waals surface area contributed by atoms with Gasteiger partial charge < -0.3 is 0 Å². The maximum atomic E-state index is 13.4. The van der Waals surface area contributed by atoms with Gasteiger partial charge in [0, 0.05) is 28.4 Å². The summed E-state index contributed by atoms with van der Waals surface area (Å²) in [6.45, 7) is 3.71. The molecule has 0 N–H and O–H groups in total. The third-order valence-electron chi connectivity index (χ3n) is 6.60. The van der Waals surface area contributed by atoms with E-state index in [1.54, 1.807) is 6.07 Å². The molecule has 1 saturated carbocycles. The van der Waals surface area contributed by atoms with Crippen molar-refractivity contribution in [2.75, 3.05) is 0 Å². The van der Waals surface area contributed by atoms with Gasteiger partial charge in [0.25, 0.3) is 12.0 Å². The zero-order valence-electron chi connectivity index (χ0n) is 20.6. The Morgan fingerprint density at radius 3 is 2.44 bits per heavy atom. The van der Waals surface area contributed by atoms with E-state index in [2.05, 4.69) is 9.97 Å². The van der Waals surface area contributed by atoms with Crippen molar-refractivity contribution in [1.82, 2.24) is 14.5 Å². The van der Waals surface area contributed by atoms with Crippen LogP contribution in [0.1, 0.15) is 72.5 Å². The van der Waals surface area contributed by atoms with Crippen LogP contribution in [0.2, 0.25) is 0 Å². The molecule has 1 aliphatic carbocycles. The van der Waals surface area contributed by atoms with E-state index in [1.807, 2.05) is 38.1 Å². The molecule has 36 heavy (non-hydrogen) atoms. The molecule has 0 amide bonds. The van der Waals surface area contributed by atoms with Gasteiger partial charge >= 0.3 is 0 Å². The van der Waals surface area contributed by atoms with Crippen LogP contribution in [0, 0.1) is 19.7 Å². The maximum absolute atomic E-state index is 13.4. The van der Waals surface area contributed by atoms with E-state index in [1.165, 1.54) is 41.5 Å². The lowest BCUT2D eigenvalue weighted by molar-refractivity contribution is 0.149. The lowest BCUT2D eigenvalue weighted by atomic mass is 9.84. The molecule has 0 radical (unpaired) electrons. The Morgan fingerprint density at radius 2 is 1.78 bits per heavy atom. The first-order valence-corrected chi connectivity index (χ1v) is 12.3. The first kappa shape index (κ1) is 25.6. The zero-order valence-corrected chi connectivity index (χ0v) is 20.6. The highest BCUT2D eigenvalue weighted by atomic mass is 19.3. The molecule has 5 rings (SSSR count). The van der Waals surface area contributed by atoms with E-state index < -0.39 is 6.43 Å². The number of alkyl halides is 2. The van der Waals surface area contributed by atoms with Crippen molar-refractivity contribution < 1.29 is 13.2 Å². The quantitative estimate of drug-likeness (QED) is 0.300. The van der Waals surface area contributed by atoms with Crippen LogP contribution in [-0.2, 0) is 6.54 Å². The Balaban J connectivity index is 0.000000325. The molecular formula is C29H30F3N3O. The SMILES string of the molecule is Cc1ccc2cc(C3CCCCC3)c(=O)n(Cc3ncccc3C(F)F)c2n1.Cc1cccc(F)c1. The Morgan fingerprint density at radius 1 is 1.00 bits per heavy atom. The number of hydrogen-bond donors (Lipinski definition) is 0. The van der Waals surface area contributed by atoms with E-state index >= 15 is 0 Å². The number of halogens is 3. The van der Waals surface area contributed by atoms with Gasteiger partial charge in [-0.2, -0.15) is 0 Å². The molecular weight excluding hydrogens is 463 g/mol. The molecule has 0 saturated heterocycles. The summed E-state index contributed by atoms with van der Waals surface area (Å²) >= 11 is 0. The van der Waals surface area contributed by atoms with E-state index in [0.717, 1.165) is 47.9 Å². The van der Waals surface area contributed by atoms with Gasteiger partial charge in [-0.3, -0.25) is 14.3 Å². The molecule has 7 heteroatoms. The maximum Gasteiger partial charge on any atom is 0.265 e. The number of benzene rings is 1. The number of pyridine rings is 3. The number of hydrogen-bond acceptors (Lipinski definition) is 3. The van der Waals surface area contributed by atoms with Crippen LogP contribution in [0.4, 0.5) is 13.2 Å². The summed E-state index contributed by atoms with van der Waals surface area (Å²) in [4.78, 5) is 22.1.